The van der Waals surface area contributed by atoms with Crippen LogP contribution in [0.5, 0.6) is 0 Å². The Morgan fingerprint density at radius 1 is 0.774 bits per heavy atom. The highest BCUT2D eigenvalue weighted by Crippen LogP contribution is 2.29. The summed E-state index contributed by atoms with van der Waals surface area (Å²) in [7, 11) is 0. The van der Waals surface area contributed by atoms with Crippen LogP contribution in [0.1, 0.15) is 10.6 Å². The number of para-hydroxylation sites is 3. The zero-order chi connectivity index (χ0) is 20.8. The van der Waals surface area contributed by atoms with Gasteiger partial charge in [-0.1, -0.05) is 60.7 Å². The second-order valence-electron chi connectivity index (χ2n) is 7.38. The number of hydrogen-bond acceptors (Lipinski definition) is 4. The minimum absolute atomic E-state index is 0.156. The van der Waals surface area contributed by atoms with Crippen LogP contribution in [0.2, 0.25) is 0 Å². The largest absolute Gasteiger partial charge is 0.308 e. The molecule has 7 heteroatoms. The average Bonchev–Trinajstić information content (AvgIpc) is 3.53. The third-order valence-electron chi connectivity index (χ3n) is 5.50. The van der Waals surface area contributed by atoms with Crippen molar-refractivity contribution >= 4 is 22.9 Å². The molecule has 5 aromatic rings. The van der Waals surface area contributed by atoms with Crippen molar-refractivity contribution in [2.45, 2.75) is 6.54 Å². The third kappa shape index (κ3) is 2.82. The van der Waals surface area contributed by atoms with E-state index in [0.29, 0.717) is 24.9 Å². The number of anilines is 1. The molecule has 1 aliphatic heterocycles. The van der Waals surface area contributed by atoms with Gasteiger partial charge in [0.15, 0.2) is 5.82 Å². The molecule has 7 nitrogen and oxygen atoms in total. The molecule has 0 aliphatic carbocycles. The van der Waals surface area contributed by atoms with E-state index in [2.05, 4.69) is 19.6 Å². The lowest BCUT2D eigenvalue weighted by Gasteiger charge is -2.10. The van der Waals surface area contributed by atoms with Gasteiger partial charge in [-0.05, 0) is 24.3 Å². The van der Waals surface area contributed by atoms with E-state index in [1.54, 1.807) is 9.58 Å². The van der Waals surface area contributed by atoms with Crippen LogP contribution in [0, 0.1) is 0 Å². The Balaban J connectivity index is 1.45. The van der Waals surface area contributed by atoms with Gasteiger partial charge in [0, 0.05) is 18.7 Å². The van der Waals surface area contributed by atoms with E-state index < -0.39 is 0 Å². The Morgan fingerprint density at radius 3 is 2.29 bits per heavy atom. The van der Waals surface area contributed by atoms with Crippen molar-refractivity contribution in [1.82, 2.24) is 24.3 Å². The molecular formula is C24H18N6O. The summed E-state index contributed by atoms with van der Waals surface area (Å²) in [6, 6.07) is 27.4. The summed E-state index contributed by atoms with van der Waals surface area (Å²) in [4.78, 5) is 24.4. The molecule has 0 bridgehead atoms. The molecule has 31 heavy (non-hydrogen) atoms. The van der Waals surface area contributed by atoms with Crippen LogP contribution in [0.15, 0.2) is 84.9 Å². The van der Waals surface area contributed by atoms with Crippen molar-refractivity contribution in [2.24, 2.45) is 0 Å². The van der Waals surface area contributed by atoms with Crippen molar-refractivity contribution in [3.8, 4) is 17.1 Å². The normalized spacial score (nSPS) is 13.0. The predicted molar refractivity (Wildman–Crippen MR) is 118 cm³/mol. The fraction of sp³-hybridized carbons (Fsp3) is 0.0833. The van der Waals surface area contributed by atoms with Crippen molar-refractivity contribution in [3.05, 3.63) is 90.8 Å². The molecule has 0 saturated carbocycles. The van der Waals surface area contributed by atoms with E-state index >= 15 is 0 Å². The van der Waals surface area contributed by atoms with Gasteiger partial charge < -0.3 is 4.57 Å². The first-order chi connectivity index (χ1) is 15.3. The zero-order valence-corrected chi connectivity index (χ0v) is 16.6. The van der Waals surface area contributed by atoms with Crippen LogP contribution in [0.3, 0.4) is 0 Å². The van der Waals surface area contributed by atoms with Gasteiger partial charge >= 0.3 is 0 Å². The van der Waals surface area contributed by atoms with Crippen LogP contribution in [-0.2, 0) is 6.54 Å². The first-order valence-electron chi connectivity index (χ1n) is 10.1. The number of amides is 1. The summed E-state index contributed by atoms with van der Waals surface area (Å²) >= 11 is 0. The van der Waals surface area contributed by atoms with Crippen LogP contribution in [0.4, 0.5) is 5.95 Å². The van der Waals surface area contributed by atoms with Crippen LogP contribution >= 0.6 is 0 Å². The molecule has 6 rings (SSSR count). The number of hydrogen-bond donors (Lipinski definition) is 0. The van der Waals surface area contributed by atoms with Crippen molar-refractivity contribution in [2.75, 3.05) is 11.4 Å². The molecule has 2 aromatic heterocycles. The van der Waals surface area contributed by atoms with E-state index in [-0.39, 0.29) is 11.7 Å². The number of carbonyl (C=O) groups excluding carboxylic acids is 1. The first kappa shape index (κ1) is 17.6. The highest BCUT2D eigenvalue weighted by Gasteiger charge is 2.32. The monoisotopic (exact) mass is 406 g/mol. The average molecular weight is 406 g/mol. The summed E-state index contributed by atoms with van der Waals surface area (Å²) in [6.45, 7) is 1.25. The molecular weight excluding hydrogens is 388 g/mol. The number of aromatic nitrogens is 5. The van der Waals surface area contributed by atoms with Gasteiger partial charge in [0.05, 0.1) is 16.7 Å². The Kier molecular flexibility index (Phi) is 3.92. The van der Waals surface area contributed by atoms with E-state index in [9.17, 15) is 4.79 Å². The van der Waals surface area contributed by atoms with Gasteiger partial charge in [-0.3, -0.25) is 9.69 Å². The van der Waals surface area contributed by atoms with Crippen LogP contribution < -0.4 is 4.90 Å². The summed E-state index contributed by atoms with van der Waals surface area (Å²) in [5.74, 6) is 1.18. The molecule has 0 unspecified atom stereocenters. The summed E-state index contributed by atoms with van der Waals surface area (Å²) in [5.41, 5.74) is 3.65. The van der Waals surface area contributed by atoms with E-state index in [4.69, 9.17) is 0 Å². The number of benzene rings is 3. The molecule has 0 radical (unpaired) electrons. The molecule has 0 spiro atoms. The summed E-state index contributed by atoms with van der Waals surface area (Å²) < 4.78 is 3.79. The van der Waals surface area contributed by atoms with Crippen LogP contribution in [0.25, 0.3) is 28.1 Å². The lowest BCUT2D eigenvalue weighted by Crippen LogP contribution is -2.30. The topological polar surface area (TPSA) is 68.8 Å². The van der Waals surface area contributed by atoms with Gasteiger partial charge in [0.25, 0.3) is 5.91 Å². The number of imidazole rings is 1. The van der Waals surface area contributed by atoms with Gasteiger partial charge in [-0.15, -0.1) is 5.10 Å². The number of nitrogens with zero attached hydrogens (tertiary/aromatic N) is 6. The second kappa shape index (κ2) is 6.91. The SMILES string of the molecule is O=C(c1nc(-c2ccccc2)n(-c2ccccc2)n1)N1CCn2c1nc1ccccc12. The maximum atomic E-state index is 13.4. The zero-order valence-electron chi connectivity index (χ0n) is 16.6. The van der Waals surface area contributed by atoms with Crippen molar-refractivity contribution in [1.29, 1.82) is 0 Å². The quantitative estimate of drug-likeness (QED) is 0.455. The molecule has 0 atom stereocenters. The number of carbonyl (C=O) groups is 1. The lowest BCUT2D eigenvalue weighted by atomic mass is 10.2. The number of fused-ring (bicyclic) bond motifs is 3. The maximum absolute atomic E-state index is 13.4. The van der Waals surface area contributed by atoms with E-state index in [1.807, 2.05) is 84.9 Å². The van der Waals surface area contributed by atoms with Gasteiger partial charge in [-0.25, -0.2) is 14.6 Å². The van der Waals surface area contributed by atoms with Crippen molar-refractivity contribution in [3.63, 3.8) is 0 Å². The van der Waals surface area contributed by atoms with Gasteiger partial charge in [0.1, 0.15) is 0 Å². The summed E-state index contributed by atoms with van der Waals surface area (Å²) in [6.07, 6.45) is 0. The second-order valence-corrected chi connectivity index (χ2v) is 7.38. The molecule has 1 amide bonds. The molecule has 150 valence electrons. The predicted octanol–water partition coefficient (Wildman–Crippen LogP) is 3.94. The Hall–Kier alpha value is -4.26. The fourth-order valence-electron chi connectivity index (χ4n) is 4.03. The van der Waals surface area contributed by atoms with Crippen molar-refractivity contribution < 1.29 is 4.79 Å². The minimum Gasteiger partial charge on any atom is -0.308 e. The Bertz CT molecular complexity index is 1350. The molecule has 3 heterocycles. The Labute approximate surface area is 178 Å². The molecule has 3 aromatic carbocycles. The molecule has 0 fully saturated rings. The molecule has 0 N–H and O–H groups in total. The Morgan fingerprint density at radius 2 is 1.48 bits per heavy atom. The molecule has 1 aliphatic rings. The minimum atomic E-state index is -0.249. The van der Waals surface area contributed by atoms with E-state index in [1.165, 1.54) is 0 Å². The maximum Gasteiger partial charge on any atom is 0.300 e. The first-order valence-corrected chi connectivity index (χ1v) is 10.1. The smallest absolute Gasteiger partial charge is 0.300 e. The summed E-state index contributed by atoms with van der Waals surface area (Å²) in [5, 5.41) is 4.61. The highest BCUT2D eigenvalue weighted by atomic mass is 16.2. The molecule has 0 saturated heterocycles. The highest BCUT2D eigenvalue weighted by molar-refractivity contribution is 6.04. The van der Waals surface area contributed by atoms with E-state index in [0.717, 1.165) is 22.3 Å². The van der Waals surface area contributed by atoms with Crippen LogP contribution in [-0.4, -0.2) is 36.8 Å². The lowest BCUT2D eigenvalue weighted by molar-refractivity contribution is 0.0979. The van der Waals surface area contributed by atoms with Gasteiger partial charge in [0.2, 0.25) is 11.8 Å². The third-order valence-corrected chi connectivity index (χ3v) is 5.50. The fourth-order valence-corrected chi connectivity index (χ4v) is 4.03. The standard InChI is InChI=1S/C24H18N6O/c31-23(29-16-15-28-20-14-8-7-13-19(20)25-24(28)29)21-26-22(17-9-3-1-4-10-17)30(27-21)18-11-5-2-6-12-18/h1-14H,15-16H2. The number of rotatable bonds is 3. The van der Waals surface area contributed by atoms with Gasteiger partial charge in [-0.2, -0.15) is 0 Å².